The van der Waals surface area contributed by atoms with E-state index in [1.807, 2.05) is 12.1 Å². The van der Waals surface area contributed by atoms with Crippen molar-refractivity contribution in [2.75, 3.05) is 6.61 Å². The van der Waals surface area contributed by atoms with Gasteiger partial charge in [0.05, 0.1) is 12.2 Å². The SMILES string of the molecule is CCCCCCCCc1ccc(-c2ccc(C(=O)Oc3ccc(OC[C@@H](C)CC)nn3)cc2)cc1. The Morgan fingerprint density at radius 1 is 0.771 bits per heavy atom. The number of carbonyl (C=O) groups excluding carboxylic acids is 1. The summed E-state index contributed by atoms with van der Waals surface area (Å²) < 4.78 is 11.0. The fraction of sp³-hybridized carbons (Fsp3) is 0.433. The molecule has 1 heterocycles. The Morgan fingerprint density at radius 3 is 2.00 bits per heavy atom. The Bertz CT molecular complexity index is 1010. The smallest absolute Gasteiger partial charge is 0.344 e. The summed E-state index contributed by atoms with van der Waals surface area (Å²) in [7, 11) is 0. The number of nitrogens with zero attached hydrogens (tertiary/aromatic N) is 2. The van der Waals surface area contributed by atoms with E-state index in [4.69, 9.17) is 9.47 Å². The third-order valence-corrected chi connectivity index (χ3v) is 6.25. The quantitative estimate of drug-likeness (QED) is 0.177. The molecule has 5 heteroatoms. The van der Waals surface area contributed by atoms with Crippen molar-refractivity contribution in [2.24, 2.45) is 5.92 Å². The first kappa shape index (κ1) is 26.4. The number of hydrogen-bond donors (Lipinski definition) is 0. The molecule has 35 heavy (non-hydrogen) atoms. The molecule has 0 radical (unpaired) electrons. The number of unbranched alkanes of at least 4 members (excludes halogenated alkanes) is 5. The maximum absolute atomic E-state index is 12.5. The molecule has 0 unspecified atom stereocenters. The Labute approximate surface area is 209 Å². The van der Waals surface area contributed by atoms with Crippen molar-refractivity contribution in [3.63, 3.8) is 0 Å². The number of ether oxygens (including phenoxy) is 2. The predicted octanol–water partition coefficient (Wildman–Crippen LogP) is 7.69. The molecule has 0 N–H and O–H groups in total. The summed E-state index contributed by atoms with van der Waals surface area (Å²) in [5.41, 5.74) is 4.04. The first-order chi connectivity index (χ1) is 17.1. The van der Waals surface area contributed by atoms with E-state index >= 15 is 0 Å². The third-order valence-electron chi connectivity index (χ3n) is 6.25. The number of aryl methyl sites for hydroxylation is 1. The summed E-state index contributed by atoms with van der Waals surface area (Å²) >= 11 is 0. The molecule has 0 aliphatic rings. The second kappa shape index (κ2) is 14.2. The van der Waals surface area contributed by atoms with E-state index in [0.717, 1.165) is 24.0 Å². The minimum atomic E-state index is -0.464. The zero-order valence-electron chi connectivity index (χ0n) is 21.3. The van der Waals surface area contributed by atoms with E-state index in [-0.39, 0.29) is 5.88 Å². The molecule has 0 aliphatic heterocycles. The highest BCUT2D eigenvalue weighted by Gasteiger charge is 2.11. The molecule has 3 rings (SSSR count). The van der Waals surface area contributed by atoms with Crippen LogP contribution in [0.1, 0.15) is 81.6 Å². The Balaban J connectivity index is 1.48. The minimum absolute atomic E-state index is 0.149. The van der Waals surface area contributed by atoms with E-state index in [0.29, 0.717) is 24.0 Å². The summed E-state index contributed by atoms with van der Waals surface area (Å²) in [6, 6.07) is 19.4. The predicted molar refractivity (Wildman–Crippen MR) is 141 cm³/mol. The topological polar surface area (TPSA) is 61.3 Å². The van der Waals surface area contributed by atoms with Crippen molar-refractivity contribution in [3.8, 4) is 22.9 Å². The van der Waals surface area contributed by atoms with E-state index in [9.17, 15) is 4.79 Å². The lowest BCUT2D eigenvalue weighted by molar-refractivity contribution is 0.0725. The largest absolute Gasteiger partial charge is 0.476 e. The fourth-order valence-electron chi connectivity index (χ4n) is 3.71. The maximum atomic E-state index is 12.5. The average molecular weight is 475 g/mol. The van der Waals surface area contributed by atoms with E-state index in [1.54, 1.807) is 24.3 Å². The van der Waals surface area contributed by atoms with Gasteiger partial charge >= 0.3 is 5.97 Å². The minimum Gasteiger partial charge on any atom is -0.476 e. The van der Waals surface area contributed by atoms with Crippen LogP contribution in [0, 0.1) is 5.92 Å². The normalized spacial score (nSPS) is 11.7. The lowest BCUT2D eigenvalue weighted by atomic mass is 10.00. The van der Waals surface area contributed by atoms with Gasteiger partial charge in [0.25, 0.3) is 0 Å². The van der Waals surface area contributed by atoms with Gasteiger partial charge in [-0.1, -0.05) is 95.7 Å². The summed E-state index contributed by atoms with van der Waals surface area (Å²) in [5, 5.41) is 7.92. The lowest BCUT2D eigenvalue weighted by Gasteiger charge is -2.10. The first-order valence-electron chi connectivity index (χ1n) is 13.0. The van der Waals surface area contributed by atoms with Crippen LogP contribution in [0.25, 0.3) is 11.1 Å². The monoisotopic (exact) mass is 474 g/mol. The van der Waals surface area contributed by atoms with Crippen molar-refractivity contribution in [1.82, 2.24) is 10.2 Å². The standard InChI is InChI=1S/C30H38N2O3/c1-4-6-7-8-9-10-11-24-12-14-25(15-13-24)26-16-18-27(19-17-26)30(33)35-29-21-20-28(31-32-29)34-22-23(3)5-2/h12-21,23H,4-11,22H2,1-3H3/t23-/m0/s1. The summed E-state index contributed by atoms with van der Waals surface area (Å²) in [6.45, 7) is 7.06. The van der Waals surface area contributed by atoms with Crippen molar-refractivity contribution in [2.45, 2.75) is 72.1 Å². The number of rotatable bonds is 14. The van der Waals surface area contributed by atoms with Crippen molar-refractivity contribution in [1.29, 1.82) is 0 Å². The van der Waals surface area contributed by atoms with Gasteiger partial charge in [0, 0.05) is 12.1 Å². The van der Waals surface area contributed by atoms with Gasteiger partial charge in [-0.05, 0) is 47.6 Å². The van der Waals surface area contributed by atoms with Crippen LogP contribution < -0.4 is 9.47 Å². The second-order valence-corrected chi connectivity index (χ2v) is 9.22. The van der Waals surface area contributed by atoms with E-state index in [1.165, 1.54) is 44.1 Å². The molecule has 5 nitrogen and oxygen atoms in total. The molecule has 0 aliphatic carbocycles. The Kier molecular flexibility index (Phi) is 10.7. The van der Waals surface area contributed by atoms with E-state index in [2.05, 4.69) is 55.2 Å². The molecule has 0 saturated heterocycles. The van der Waals surface area contributed by atoms with Crippen molar-refractivity contribution in [3.05, 3.63) is 71.8 Å². The molecule has 0 bridgehead atoms. The molecule has 2 aromatic carbocycles. The van der Waals surface area contributed by atoms with Crippen LogP contribution in [0.4, 0.5) is 0 Å². The number of carbonyl (C=O) groups is 1. The van der Waals surface area contributed by atoms with Gasteiger partial charge in [0.1, 0.15) is 0 Å². The average Bonchev–Trinajstić information content (AvgIpc) is 2.90. The van der Waals surface area contributed by atoms with Gasteiger partial charge < -0.3 is 9.47 Å². The highest BCUT2D eigenvalue weighted by Crippen LogP contribution is 2.22. The van der Waals surface area contributed by atoms with Gasteiger partial charge in [-0.3, -0.25) is 0 Å². The zero-order chi connectivity index (χ0) is 24.9. The van der Waals surface area contributed by atoms with Crippen LogP contribution in [-0.2, 0) is 6.42 Å². The molecular formula is C30H38N2O3. The second-order valence-electron chi connectivity index (χ2n) is 9.22. The molecule has 0 fully saturated rings. The van der Waals surface area contributed by atoms with Crippen molar-refractivity contribution < 1.29 is 14.3 Å². The highest BCUT2D eigenvalue weighted by molar-refractivity contribution is 5.91. The van der Waals surface area contributed by atoms with Crippen LogP contribution in [0.2, 0.25) is 0 Å². The zero-order valence-corrected chi connectivity index (χ0v) is 21.3. The number of benzene rings is 2. The molecule has 0 amide bonds. The van der Waals surface area contributed by atoms with Crippen LogP contribution in [0.15, 0.2) is 60.7 Å². The molecule has 0 saturated carbocycles. The summed E-state index contributed by atoms with van der Waals surface area (Å²) in [5.74, 6) is 0.553. The number of esters is 1. The molecule has 3 aromatic rings. The van der Waals surface area contributed by atoms with Crippen LogP contribution in [-0.4, -0.2) is 22.8 Å². The first-order valence-corrected chi connectivity index (χ1v) is 13.0. The van der Waals surface area contributed by atoms with Gasteiger partial charge in [-0.2, -0.15) is 0 Å². The number of aromatic nitrogens is 2. The van der Waals surface area contributed by atoms with Gasteiger partial charge in [-0.15, -0.1) is 10.2 Å². The fourth-order valence-corrected chi connectivity index (χ4v) is 3.71. The molecule has 0 spiro atoms. The van der Waals surface area contributed by atoms with Gasteiger partial charge in [-0.25, -0.2) is 4.79 Å². The molecule has 1 aromatic heterocycles. The number of hydrogen-bond acceptors (Lipinski definition) is 5. The van der Waals surface area contributed by atoms with Crippen LogP contribution in [0.5, 0.6) is 11.8 Å². The summed E-state index contributed by atoms with van der Waals surface area (Å²) in [4.78, 5) is 12.5. The van der Waals surface area contributed by atoms with Gasteiger partial charge in [0.2, 0.25) is 11.8 Å². The highest BCUT2D eigenvalue weighted by atomic mass is 16.5. The van der Waals surface area contributed by atoms with Crippen molar-refractivity contribution >= 4 is 5.97 Å². The Morgan fingerprint density at radius 2 is 1.37 bits per heavy atom. The van der Waals surface area contributed by atoms with Crippen LogP contribution in [0.3, 0.4) is 0 Å². The third kappa shape index (κ3) is 8.82. The maximum Gasteiger partial charge on any atom is 0.344 e. The molecule has 186 valence electrons. The van der Waals surface area contributed by atoms with E-state index < -0.39 is 5.97 Å². The van der Waals surface area contributed by atoms with Crippen LogP contribution >= 0.6 is 0 Å². The Hall–Kier alpha value is -3.21. The molecular weight excluding hydrogens is 436 g/mol. The van der Waals surface area contributed by atoms with Gasteiger partial charge in [0.15, 0.2) is 0 Å². The lowest BCUT2D eigenvalue weighted by Crippen LogP contribution is -2.11. The molecule has 1 atom stereocenters. The summed E-state index contributed by atoms with van der Waals surface area (Å²) in [6.07, 6.45) is 10.1.